The summed E-state index contributed by atoms with van der Waals surface area (Å²) >= 11 is 0. The van der Waals surface area contributed by atoms with Gasteiger partial charge in [-0.15, -0.1) is 0 Å². The average molecular weight is 264 g/mol. The van der Waals surface area contributed by atoms with Crippen LogP contribution in [-0.2, 0) is 4.79 Å². The van der Waals surface area contributed by atoms with Crippen LogP contribution in [0.1, 0.15) is 51.4 Å². The monoisotopic (exact) mass is 264 g/mol. The molecule has 3 fully saturated rings. The predicted molar refractivity (Wildman–Crippen MR) is 76.9 cm³/mol. The average Bonchev–Trinajstić information content (AvgIpc) is 2.93. The van der Waals surface area contributed by atoms with Gasteiger partial charge in [0, 0.05) is 19.0 Å². The van der Waals surface area contributed by atoms with Crippen molar-refractivity contribution in [2.24, 2.45) is 17.3 Å². The Hall–Kier alpha value is -0.570. The molecule has 3 heteroatoms. The standard InChI is InChI=1S/C16H28N2O/c1-17-9-4-13-5-10-18(11-6-13)15(19)14-12-16(14)7-2-3-8-16/h13-14,17H,2-12H2,1H3. The first kappa shape index (κ1) is 13.4. The summed E-state index contributed by atoms with van der Waals surface area (Å²) in [7, 11) is 2.02. The number of rotatable bonds is 4. The minimum absolute atomic E-state index is 0.406. The smallest absolute Gasteiger partial charge is 0.226 e. The molecule has 2 aliphatic carbocycles. The largest absolute Gasteiger partial charge is 0.342 e. The van der Waals surface area contributed by atoms with E-state index < -0.39 is 0 Å². The molecule has 1 atom stereocenters. The summed E-state index contributed by atoms with van der Waals surface area (Å²) < 4.78 is 0. The van der Waals surface area contributed by atoms with Crippen molar-refractivity contribution >= 4 is 5.91 Å². The molecular formula is C16H28N2O. The minimum atomic E-state index is 0.406. The quantitative estimate of drug-likeness (QED) is 0.846. The number of hydrogen-bond acceptors (Lipinski definition) is 2. The van der Waals surface area contributed by atoms with E-state index in [1.165, 1.54) is 51.4 Å². The first-order valence-corrected chi connectivity index (χ1v) is 8.18. The second-order valence-corrected chi connectivity index (χ2v) is 6.99. The van der Waals surface area contributed by atoms with Crippen molar-refractivity contribution in [3.05, 3.63) is 0 Å². The van der Waals surface area contributed by atoms with Crippen molar-refractivity contribution in [2.75, 3.05) is 26.7 Å². The Bertz CT molecular complexity index is 328. The van der Waals surface area contributed by atoms with Crippen LogP contribution in [-0.4, -0.2) is 37.5 Å². The van der Waals surface area contributed by atoms with E-state index in [4.69, 9.17) is 0 Å². The summed E-state index contributed by atoms with van der Waals surface area (Å²) in [5, 5.41) is 3.23. The number of likely N-dealkylation sites (tertiary alicyclic amines) is 1. The molecule has 3 aliphatic rings. The number of carbonyl (C=O) groups is 1. The lowest BCUT2D eigenvalue weighted by Gasteiger charge is -2.32. The molecular weight excluding hydrogens is 236 g/mol. The molecule has 1 aliphatic heterocycles. The van der Waals surface area contributed by atoms with Gasteiger partial charge in [-0.3, -0.25) is 4.79 Å². The van der Waals surface area contributed by atoms with E-state index in [0.29, 0.717) is 17.2 Å². The van der Waals surface area contributed by atoms with Gasteiger partial charge in [-0.1, -0.05) is 12.8 Å². The van der Waals surface area contributed by atoms with Crippen LogP contribution in [0.2, 0.25) is 0 Å². The summed E-state index contributed by atoms with van der Waals surface area (Å²) in [5.41, 5.74) is 0.472. The maximum Gasteiger partial charge on any atom is 0.226 e. The first-order valence-electron chi connectivity index (χ1n) is 8.18. The van der Waals surface area contributed by atoms with Crippen molar-refractivity contribution < 1.29 is 4.79 Å². The van der Waals surface area contributed by atoms with Crippen LogP contribution in [0.25, 0.3) is 0 Å². The molecule has 0 aromatic heterocycles. The molecule has 1 amide bonds. The Morgan fingerprint density at radius 3 is 2.58 bits per heavy atom. The lowest BCUT2D eigenvalue weighted by atomic mass is 9.93. The van der Waals surface area contributed by atoms with Gasteiger partial charge in [0.2, 0.25) is 5.91 Å². The zero-order valence-electron chi connectivity index (χ0n) is 12.3. The van der Waals surface area contributed by atoms with E-state index in [0.717, 1.165) is 25.6 Å². The van der Waals surface area contributed by atoms with E-state index in [2.05, 4.69) is 10.2 Å². The fourth-order valence-corrected chi connectivity index (χ4v) is 4.34. The topological polar surface area (TPSA) is 32.3 Å². The molecule has 0 aromatic carbocycles. The zero-order valence-corrected chi connectivity index (χ0v) is 12.3. The Labute approximate surface area is 117 Å². The van der Waals surface area contributed by atoms with Gasteiger partial charge in [0.25, 0.3) is 0 Å². The summed E-state index contributed by atoms with van der Waals surface area (Å²) in [6.45, 7) is 3.14. The number of carbonyl (C=O) groups excluding carboxylic acids is 1. The molecule has 1 spiro atoms. The van der Waals surface area contributed by atoms with Crippen molar-refractivity contribution in [2.45, 2.75) is 51.4 Å². The Morgan fingerprint density at radius 1 is 1.26 bits per heavy atom. The highest BCUT2D eigenvalue weighted by Crippen LogP contribution is 2.63. The van der Waals surface area contributed by atoms with E-state index in [1.54, 1.807) is 0 Å². The lowest BCUT2D eigenvalue weighted by molar-refractivity contribution is -0.134. The van der Waals surface area contributed by atoms with Gasteiger partial charge in [0.1, 0.15) is 0 Å². The van der Waals surface area contributed by atoms with E-state index in [9.17, 15) is 4.79 Å². The Morgan fingerprint density at radius 2 is 1.95 bits per heavy atom. The fraction of sp³-hybridized carbons (Fsp3) is 0.938. The predicted octanol–water partition coefficient (Wildman–Crippen LogP) is 2.41. The molecule has 0 radical (unpaired) electrons. The van der Waals surface area contributed by atoms with E-state index in [-0.39, 0.29) is 0 Å². The van der Waals surface area contributed by atoms with Crippen LogP contribution in [0, 0.1) is 17.3 Å². The number of nitrogens with zero attached hydrogens (tertiary/aromatic N) is 1. The normalized spacial score (nSPS) is 29.9. The molecule has 19 heavy (non-hydrogen) atoms. The fourth-order valence-electron chi connectivity index (χ4n) is 4.34. The van der Waals surface area contributed by atoms with Crippen LogP contribution in [0.3, 0.4) is 0 Å². The number of amides is 1. The van der Waals surface area contributed by atoms with Crippen molar-refractivity contribution in [3.8, 4) is 0 Å². The summed E-state index contributed by atoms with van der Waals surface area (Å²) in [6, 6.07) is 0. The van der Waals surface area contributed by atoms with Crippen molar-refractivity contribution in [1.29, 1.82) is 0 Å². The maximum atomic E-state index is 12.6. The molecule has 0 aromatic rings. The molecule has 108 valence electrons. The van der Waals surface area contributed by atoms with Crippen LogP contribution in [0.15, 0.2) is 0 Å². The van der Waals surface area contributed by atoms with Gasteiger partial charge in [-0.2, -0.15) is 0 Å². The first-order chi connectivity index (χ1) is 9.25. The van der Waals surface area contributed by atoms with Gasteiger partial charge in [-0.25, -0.2) is 0 Å². The van der Waals surface area contributed by atoms with E-state index >= 15 is 0 Å². The van der Waals surface area contributed by atoms with Crippen molar-refractivity contribution in [3.63, 3.8) is 0 Å². The van der Waals surface area contributed by atoms with Crippen LogP contribution >= 0.6 is 0 Å². The molecule has 1 heterocycles. The molecule has 3 rings (SSSR count). The van der Waals surface area contributed by atoms with Crippen LogP contribution < -0.4 is 5.32 Å². The van der Waals surface area contributed by atoms with Gasteiger partial charge in [0.15, 0.2) is 0 Å². The third-order valence-corrected chi connectivity index (χ3v) is 5.82. The minimum Gasteiger partial charge on any atom is -0.342 e. The Balaban J connectivity index is 1.45. The Kier molecular flexibility index (Phi) is 3.84. The summed E-state index contributed by atoms with van der Waals surface area (Å²) in [4.78, 5) is 14.7. The molecule has 1 saturated heterocycles. The molecule has 2 saturated carbocycles. The molecule has 3 nitrogen and oxygen atoms in total. The SMILES string of the molecule is CNCCC1CCN(C(=O)C2CC23CCCC3)CC1. The number of hydrogen-bond donors (Lipinski definition) is 1. The highest BCUT2D eigenvalue weighted by Gasteiger charge is 2.59. The molecule has 1 N–H and O–H groups in total. The van der Waals surface area contributed by atoms with Gasteiger partial charge in [0.05, 0.1) is 0 Å². The maximum absolute atomic E-state index is 12.6. The molecule has 1 unspecified atom stereocenters. The van der Waals surface area contributed by atoms with Crippen molar-refractivity contribution in [1.82, 2.24) is 10.2 Å². The van der Waals surface area contributed by atoms with Gasteiger partial charge >= 0.3 is 0 Å². The second kappa shape index (κ2) is 5.43. The van der Waals surface area contributed by atoms with Crippen LogP contribution in [0.4, 0.5) is 0 Å². The third-order valence-electron chi connectivity index (χ3n) is 5.82. The van der Waals surface area contributed by atoms with E-state index in [1.807, 2.05) is 7.05 Å². The molecule has 0 bridgehead atoms. The highest BCUT2D eigenvalue weighted by molar-refractivity contribution is 5.82. The second-order valence-electron chi connectivity index (χ2n) is 6.99. The third kappa shape index (κ3) is 2.67. The summed E-state index contributed by atoms with van der Waals surface area (Å²) in [6.07, 6.45) is 10.3. The lowest BCUT2D eigenvalue weighted by Crippen LogP contribution is -2.40. The summed E-state index contributed by atoms with van der Waals surface area (Å²) in [5.74, 6) is 1.73. The van der Waals surface area contributed by atoms with Crippen LogP contribution in [0.5, 0.6) is 0 Å². The number of nitrogens with one attached hydrogen (secondary N) is 1. The zero-order chi connectivity index (χ0) is 13.3. The number of piperidine rings is 1. The highest BCUT2D eigenvalue weighted by atomic mass is 16.2. The van der Waals surface area contributed by atoms with Gasteiger partial charge < -0.3 is 10.2 Å². The van der Waals surface area contributed by atoms with Gasteiger partial charge in [-0.05, 0) is 63.5 Å².